The maximum Gasteiger partial charge on any atom is 0.516 e. The van der Waals surface area contributed by atoms with Crippen molar-refractivity contribution >= 4 is 27.0 Å². The third kappa shape index (κ3) is 5.82. The number of sulfonamides is 1. The second-order valence-corrected chi connectivity index (χ2v) is 10.0. The largest absolute Gasteiger partial charge is 0.516 e. The number of benzene rings is 1. The zero-order valence-corrected chi connectivity index (χ0v) is 18.8. The first-order valence-corrected chi connectivity index (χ1v) is 11.7. The molecule has 1 aromatic carbocycles. The number of hydrogen-bond acceptors (Lipinski definition) is 5. The van der Waals surface area contributed by atoms with Gasteiger partial charge >= 0.3 is 21.7 Å². The molecule has 2 aromatic heterocycles. The van der Waals surface area contributed by atoms with E-state index in [4.69, 9.17) is 0 Å². The molecule has 0 fully saturated rings. The lowest BCUT2D eigenvalue weighted by Crippen LogP contribution is -2.30. The van der Waals surface area contributed by atoms with Crippen molar-refractivity contribution in [2.45, 2.75) is 32.0 Å². The average molecular weight is 509 g/mol. The predicted molar refractivity (Wildman–Crippen MR) is 113 cm³/mol. The van der Waals surface area contributed by atoms with Crippen molar-refractivity contribution in [3.05, 3.63) is 53.2 Å². The van der Waals surface area contributed by atoms with Crippen molar-refractivity contribution in [2.75, 3.05) is 4.72 Å². The van der Waals surface area contributed by atoms with Crippen molar-refractivity contribution in [3.63, 3.8) is 0 Å². The molecule has 0 spiro atoms. The van der Waals surface area contributed by atoms with Gasteiger partial charge in [-0.15, -0.1) is 11.3 Å². The minimum atomic E-state index is -6.03. The van der Waals surface area contributed by atoms with Crippen LogP contribution in [0.25, 0.3) is 21.8 Å². The fraction of sp³-hybridized carbons (Fsp3) is 0.300. The van der Waals surface area contributed by atoms with Gasteiger partial charge in [0.15, 0.2) is 0 Å². The first-order chi connectivity index (χ1) is 15.2. The van der Waals surface area contributed by atoms with Gasteiger partial charge in [-0.25, -0.2) is 4.98 Å². The molecule has 0 atom stereocenters. The quantitative estimate of drug-likeness (QED) is 0.393. The number of hydrogen-bond donors (Lipinski definition) is 1. The van der Waals surface area contributed by atoms with E-state index in [2.05, 4.69) is 9.97 Å². The molecule has 2 heterocycles. The first-order valence-electron chi connectivity index (χ1n) is 9.39. The van der Waals surface area contributed by atoms with Crippen LogP contribution in [-0.4, -0.2) is 23.9 Å². The van der Waals surface area contributed by atoms with Crippen molar-refractivity contribution in [1.29, 1.82) is 0 Å². The molecule has 0 aliphatic heterocycles. The highest BCUT2D eigenvalue weighted by Gasteiger charge is 2.47. The Morgan fingerprint density at radius 2 is 1.73 bits per heavy atom. The molecule has 0 aliphatic carbocycles. The Labute approximate surface area is 189 Å². The molecule has 0 saturated heterocycles. The normalized spacial score (nSPS) is 12.9. The number of thiazole rings is 1. The topological polar surface area (TPSA) is 72.0 Å². The number of anilines is 1. The number of halogens is 6. The van der Waals surface area contributed by atoms with Gasteiger partial charge in [0.2, 0.25) is 0 Å². The summed E-state index contributed by atoms with van der Waals surface area (Å²) in [6.07, 6.45) is -2.77. The van der Waals surface area contributed by atoms with Crippen molar-refractivity contribution < 1.29 is 34.8 Å². The molecule has 0 saturated carbocycles. The molecule has 1 N–H and O–H groups in total. The van der Waals surface area contributed by atoms with Crippen LogP contribution in [-0.2, 0) is 22.6 Å². The van der Waals surface area contributed by atoms with Crippen LogP contribution >= 0.6 is 11.3 Å². The summed E-state index contributed by atoms with van der Waals surface area (Å²) in [4.78, 5) is 8.62. The Kier molecular flexibility index (Phi) is 6.76. The van der Waals surface area contributed by atoms with Crippen molar-refractivity contribution in [2.24, 2.45) is 5.92 Å². The second-order valence-electron chi connectivity index (χ2n) is 7.48. The molecule has 13 heteroatoms. The Morgan fingerprint density at radius 1 is 1.03 bits per heavy atom. The van der Waals surface area contributed by atoms with Crippen LogP contribution < -0.4 is 4.72 Å². The first kappa shape index (κ1) is 25.0. The number of alkyl halides is 6. The summed E-state index contributed by atoms with van der Waals surface area (Å²) >= 11 is 1.18. The summed E-state index contributed by atoms with van der Waals surface area (Å²) in [5.41, 5.74) is -6.87. The summed E-state index contributed by atoms with van der Waals surface area (Å²) in [5, 5.41) is 2.03. The van der Waals surface area contributed by atoms with Crippen LogP contribution in [0, 0.1) is 5.92 Å². The maximum atomic E-state index is 13.5. The number of nitrogens with zero attached hydrogens (tertiary/aromatic N) is 2. The highest BCUT2D eigenvalue weighted by atomic mass is 32.2. The zero-order chi connectivity index (χ0) is 24.6. The standard InChI is InChI=1S/C20H17F6N3O2S2/c1-11(2)7-14-8-13(5-6-27-14)18-28-17(10-32-18)12-3-4-16(15(9-12)19(21,22)23)29-33(30,31)20(24,25)26/h3-6,8-11,29H,7H2,1-2H3. The molecule has 0 unspecified atom stereocenters. The number of aromatic nitrogens is 2. The molecular formula is C20H17F6N3O2S2. The van der Waals surface area contributed by atoms with Gasteiger partial charge < -0.3 is 0 Å². The molecular weight excluding hydrogens is 492 g/mol. The van der Waals surface area contributed by atoms with Gasteiger partial charge in [-0.1, -0.05) is 19.9 Å². The SMILES string of the molecule is CC(C)Cc1cc(-c2nc(-c3ccc(NS(=O)(=O)C(F)(F)F)c(C(F)(F)F)c3)cs2)ccn1. The molecule has 3 aromatic rings. The summed E-state index contributed by atoms with van der Waals surface area (Å²) in [7, 11) is -6.03. The Balaban J connectivity index is 1.98. The van der Waals surface area contributed by atoms with E-state index >= 15 is 0 Å². The number of pyridine rings is 1. The van der Waals surface area contributed by atoms with Gasteiger partial charge in [-0.05, 0) is 36.6 Å². The fourth-order valence-electron chi connectivity index (χ4n) is 2.91. The maximum absolute atomic E-state index is 13.5. The van der Waals surface area contributed by atoms with Gasteiger partial charge in [0.25, 0.3) is 0 Å². The second kappa shape index (κ2) is 8.93. The van der Waals surface area contributed by atoms with Gasteiger partial charge in [0, 0.05) is 28.4 Å². The smallest absolute Gasteiger partial charge is 0.275 e. The predicted octanol–water partition coefficient (Wildman–Crippen LogP) is 6.35. The van der Waals surface area contributed by atoms with E-state index in [1.54, 1.807) is 12.3 Å². The summed E-state index contributed by atoms with van der Waals surface area (Å²) in [5.74, 6) is 0.369. The lowest BCUT2D eigenvalue weighted by molar-refractivity contribution is -0.136. The van der Waals surface area contributed by atoms with Crippen LogP contribution in [0.1, 0.15) is 25.1 Å². The summed E-state index contributed by atoms with van der Waals surface area (Å²) in [6.45, 7) is 4.07. The monoisotopic (exact) mass is 509 g/mol. The fourth-order valence-corrected chi connectivity index (χ4v) is 4.32. The van der Waals surface area contributed by atoms with Crippen LogP contribution in [0.15, 0.2) is 41.9 Å². The molecule has 33 heavy (non-hydrogen) atoms. The van der Waals surface area contributed by atoms with E-state index in [1.165, 1.54) is 16.7 Å². The van der Waals surface area contributed by atoms with Crippen molar-refractivity contribution in [3.8, 4) is 21.8 Å². The van der Waals surface area contributed by atoms with Crippen LogP contribution in [0.4, 0.5) is 32.0 Å². The average Bonchev–Trinajstić information content (AvgIpc) is 3.16. The molecule has 0 aliphatic rings. The van der Waals surface area contributed by atoms with Gasteiger partial charge in [0.05, 0.1) is 16.9 Å². The number of rotatable bonds is 6. The van der Waals surface area contributed by atoms with Crippen molar-refractivity contribution in [1.82, 2.24) is 9.97 Å². The summed E-state index contributed by atoms with van der Waals surface area (Å²) in [6, 6.07) is 5.80. The Bertz CT molecular complexity index is 1250. The molecule has 0 radical (unpaired) electrons. The summed E-state index contributed by atoms with van der Waals surface area (Å²) < 4.78 is 102. The molecule has 3 rings (SSSR count). The van der Waals surface area contributed by atoms with Crippen LogP contribution in [0.3, 0.4) is 0 Å². The third-order valence-corrected chi connectivity index (χ3v) is 6.34. The highest BCUT2D eigenvalue weighted by molar-refractivity contribution is 7.93. The van der Waals surface area contributed by atoms with Crippen LogP contribution in [0.2, 0.25) is 0 Å². The van der Waals surface area contributed by atoms with E-state index in [9.17, 15) is 34.8 Å². The third-order valence-electron chi connectivity index (χ3n) is 4.35. The van der Waals surface area contributed by atoms with E-state index < -0.39 is 33.0 Å². The minimum absolute atomic E-state index is 0.0313. The van der Waals surface area contributed by atoms with E-state index in [0.717, 1.165) is 28.5 Å². The Morgan fingerprint density at radius 3 is 2.33 bits per heavy atom. The zero-order valence-electron chi connectivity index (χ0n) is 17.1. The Hall–Kier alpha value is -2.67. The molecule has 0 amide bonds. The van der Waals surface area contributed by atoms with Gasteiger partial charge in [-0.3, -0.25) is 9.71 Å². The molecule has 0 bridgehead atoms. The highest BCUT2D eigenvalue weighted by Crippen LogP contribution is 2.40. The number of nitrogens with one attached hydrogen (secondary N) is 1. The van der Waals surface area contributed by atoms with E-state index in [-0.39, 0.29) is 11.3 Å². The van der Waals surface area contributed by atoms with Gasteiger partial charge in [0.1, 0.15) is 5.01 Å². The van der Waals surface area contributed by atoms with Gasteiger partial charge in [-0.2, -0.15) is 34.8 Å². The molecule has 5 nitrogen and oxygen atoms in total. The van der Waals surface area contributed by atoms with E-state index in [0.29, 0.717) is 23.1 Å². The molecule has 178 valence electrons. The lowest BCUT2D eigenvalue weighted by Gasteiger charge is -2.16. The van der Waals surface area contributed by atoms with Crippen LogP contribution in [0.5, 0.6) is 0 Å². The lowest BCUT2D eigenvalue weighted by atomic mass is 10.1. The van der Waals surface area contributed by atoms with E-state index in [1.807, 2.05) is 19.9 Å². The minimum Gasteiger partial charge on any atom is -0.275 e.